The van der Waals surface area contributed by atoms with Crippen molar-refractivity contribution in [2.24, 2.45) is 0 Å². The molecule has 0 saturated carbocycles. The van der Waals surface area contributed by atoms with Crippen molar-refractivity contribution < 1.29 is 9.47 Å². The van der Waals surface area contributed by atoms with Crippen LogP contribution in [0.3, 0.4) is 0 Å². The molecule has 1 fully saturated rings. The minimum absolute atomic E-state index is 0.427. The van der Waals surface area contributed by atoms with Crippen molar-refractivity contribution in [2.75, 3.05) is 39.9 Å². The maximum atomic E-state index is 5.75. The SMILES string of the molecule is CN1CCNCC1c1ccc2c(c1)OCCCO2. The van der Waals surface area contributed by atoms with Crippen LogP contribution in [0.2, 0.25) is 0 Å². The number of piperazine rings is 1. The molecule has 1 unspecified atom stereocenters. The molecular formula is C14H20N2O2. The fraction of sp³-hybridized carbons (Fsp3) is 0.571. The van der Waals surface area contributed by atoms with Crippen LogP contribution in [0.15, 0.2) is 18.2 Å². The van der Waals surface area contributed by atoms with Crippen LogP contribution in [0, 0.1) is 0 Å². The Morgan fingerprint density at radius 1 is 1.22 bits per heavy atom. The van der Waals surface area contributed by atoms with Crippen LogP contribution < -0.4 is 14.8 Å². The van der Waals surface area contributed by atoms with Gasteiger partial charge in [-0.25, -0.2) is 0 Å². The fourth-order valence-electron chi connectivity index (χ4n) is 2.57. The summed E-state index contributed by atoms with van der Waals surface area (Å²) in [5, 5.41) is 3.44. The molecule has 0 aromatic heterocycles. The van der Waals surface area contributed by atoms with Crippen LogP contribution in [-0.2, 0) is 0 Å². The van der Waals surface area contributed by atoms with E-state index < -0.39 is 0 Å². The highest BCUT2D eigenvalue weighted by atomic mass is 16.5. The minimum atomic E-state index is 0.427. The lowest BCUT2D eigenvalue weighted by atomic mass is 10.0. The first-order valence-electron chi connectivity index (χ1n) is 6.65. The Hall–Kier alpha value is -1.26. The van der Waals surface area contributed by atoms with Gasteiger partial charge in [0.2, 0.25) is 0 Å². The van der Waals surface area contributed by atoms with Gasteiger partial charge in [-0.1, -0.05) is 6.07 Å². The van der Waals surface area contributed by atoms with Crippen molar-refractivity contribution in [2.45, 2.75) is 12.5 Å². The molecule has 0 radical (unpaired) electrons. The van der Waals surface area contributed by atoms with E-state index in [0.29, 0.717) is 6.04 Å². The van der Waals surface area contributed by atoms with E-state index in [0.717, 1.165) is 50.8 Å². The summed E-state index contributed by atoms with van der Waals surface area (Å²) >= 11 is 0. The van der Waals surface area contributed by atoms with E-state index >= 15 is 0 Å². The largest absolute Gasteiger partial charge is 0.490 e. The van der Waals surface area contributed by atoms with Crippen molar-refractivity contribution in [3.8, 4) is 11.5 Å². The zero-order valence-electron chi connectivity index (χ0n) is 10.8. The van der Waals surface area contributed by atoms with Gasteiger partial charge in [-0.2, -0.15) is 0 Å². The van der Waals surface area contributed by atoms with E-state index in [-0.39, 0.29) is 0 Å². The molecule has 4 nitrogen and oxygen atoms in total. The van der Waals surface area contributed by atoms with Crippen LogP contribution in [-0.4, -0.2) is 44.8 Å². The third kappa shape index (κ3) is 2.31. The average molecular weight is 248 g/mol. The fourth-order valence-corrected chi connectivity index (χ4v) is 2.57. The molecular weight excluding hydrogens is 228 g/mol. The Balaban J connectivity index is 1.86. The Bertz CT molecular complexity index is 422. The van der Waals surface area contributed by atoms with Gasteiger partial charge in [0, 0.05) is 32.1 Å². The van der Waals surface area contributed by atoms with E-state index in [9.17, 15) is 0 Å². The van der Waals surface area contributed by atoms with Gasteiger partial charge in [0.15, 0.2) is 11.5 Å². The van der Waals surface area contributed by atoms with E-state index in [1.54, 1.807) is 0 Å². The molecule has 3 rings (SSSR count). The Morgan fingerprint density at radius 2 is 2.06 bits per heavy atom. The number of hydrogen-bond acceptors (Lipinski definition) is 4. The van der Waals surface area contributed by atoms with Gasteiger partial charge < -0.3 is 14.8 Å². The molecule has 98 valence electrons. The highest BCUT2D eigenvalue weighted by Crippen LogP contribution is 2.33. The maximum Gasteiger partial charge on any atom is 0.161 e. The highest BCUT2D eigenvalue weighted by molar-refractivity contribution is 5.44. The molecule has 2 aliphatic rings. The molecule has 1 aromatic carbocycles. The van der Waals surface area contributed by atoms with Crippen molar-refractivity contribution in [1.29, 1.82) is 0 Å². The summed E-state index contributed by atoms with van der Waals surface area (Å²) in [5.41, 5.74) is 1.30. The van der Waals surface area contributed by atoms with Crippen molar-refractivity contribution in [1.82, 2.24) is 10.2 Å². The lowest BCUT2D eigenvalue weighted by Gasteiger charge is -2.33. The topological polar surface area (TPSA) is 33.7 Å². The van der Waals surface area contributed by atoms with Crippen LogP contribution in [0.5, 0.6) is 11.5 Å². The first-order chi connectivity index (χ1) is 8.84. The van der Waals surface area contributed by atoms with Crippen molar-refractivity contribution in [3.63, 3.8) is 0 Å². The monoisotopic (exact) mass is 248 g/mol. The van der Waals surface area contributed by atoms with Crippen LogP contribution >= 0.6 is 0 Å². The van der Waals surface area contributed by atoms with Crippen LogP contribution in [0.1, 0.15) is 18.0 Å². The third-order valence-corrected chi connectivity index (χ3v) is 3.67. The normalized spacial score (nSPS) is 24.6. The molecule has 1 saturated heterocycles. The summed E-state index contributed by atoms with van der Waals surface area (Å²) in [6.07, 6.45) is 0.953. The van der Waals surface area contributed by atoms with Crippen molar-refractivity contribution in [3.05, 3.63) is 23.8 Å². The maximum absolute atomic E-state index is 5.75. The standard InChI is InChI=1S/C14H20N2O2/c1-16-6-5-15-10-12(16)11-3-4-13-14(9-11)18-8-2-7-17-13/h3-4,9,12,15H,2,5-8,10H2,1H3. The van der Waals surface area contributed by atoms with E-state index in [1.807, 2.05) is 6.07 Å². The number of hydrogen-bond donors (Lipinski definition) is 1. The van der Waals surface area contributed by atoms with Gasteiger partial charge in [-0.3, -0.25) is 4.90 Å². The zero-order valence-corrected chi connectivity index (χ0v) is 10.8. The quantitative estimate of drug-likeness (QED) is 0.815. The number of nitrogens with zero attached hydrogens (tertiary/aromatic N) is 1. The molecule has 4 heteroatoms. The summed E-state index contributed by atoms with van der Waals surface area (Å²) in [5.74, 6) is 1.77. The molecule has 0 amide bonds. The Labute approximate surface area is 108 Å². The highest BCUT2D eigenvalue weighted by Gasteiger charge is 2.22. The Kier molecular flexibility index (Phi) is 3.39. The second-order valence-corrected chi connectivity index (χ2v) is 4.96. The number of fused-ring (bicyclic) bond motifs is 1. The number of rotatable bonds is 1. The number of likely N-dealkylation sites (N-methyl/N-ethyl adjacent to an activating group) is 1. The number of benzene rings is 1. The average Bonchev–Trinajstić information content (AvgIpc) is 2.63. The van der Waals surface area contributed by atoms with Crippen LogP contribution in [0.4, 0.5) is 0 Å². The van der Waals surface area contributed by atoms with Gasteiger partial charge in [-0.05, 0) is 24.7 Å². The summed E-state index contributed by atoms with van der Waals surface area (Å²) < 4.78 is 11.4. The molecule has 1 atom stereocenters. The van der Waals surface area contributed by atoms with E-state index in [1.165, 1.54) is 5.56 Å². The lowest BCUT2D eigenvalue weighted by molar-refractivity contribution is 0.201. The van der Waals surface area contributed by atoms with Gasteiger partial charge in [0.05, 0.1) is 13.2 Å². The predicted molar refractivity (Wildman–Crippen MR) is 70.3 cm³/mol. The first kappa shape index (κ1) is 11.8. The number of nitrogens with one attached hydrogen (secondary N) is 1. The summed E-state index contributed by atoms with van der Waals surface area (Å²) in [4.78, 5) is 2.38. The summed E-state index contributed by atoms with van der Waals surface area (Å²) in [6, 6.07) is 6.76. The van der Waals surface area contributed by atoms with Crippen LogP contribution in [0.25, 0.3) is 0 Å². The predicted octanol–water partition coefficient (Wildman–Crippen LogP) is 1.42. The van der Waals surface area contributed by atoms with Gasteiger partial charge in [-0.15, -0.1) is 0 Å². The number of ether oxygens (including phenoxy) is 2. The first-order valence-corrected chi connectivity index (χ1v) is 6.65. The molecule has 0 aliphatic carbocycles. The summed E-state index contributed by atoms with van der Waals surface area (Å²) in [7, 11) is 2.18. The summed E-state index contributed by atoms with van der Waals surface area (Å²) in [6.45, 7) is 4.64. The second kappa shape index (κ2) is 5.16. The van der Waals surface area contributed by atoms with Gasteiger partial charge in [0.1, 0.15) is 0 Å². The molecule has 2 aliphatic heterocycles. The zero-order chi connectivity index (χ0) is 12.4. The lowest BCUT2D eigenvalue weighted by Crippen LogP contribution is -2.43. The molecule has 0 bridgehead atoms. The second-order valence-electron chi connectivity index (χ2n) is 4.96. The van der Waals surface area contributed by atoms with E-state index in [2.05, 4.69) is 29.4 Å². The van der Waals surface area contributed by atoms with Gasteiger partial charge >= 0.3 is 0 Å². The molecule has 1 N–H and O–H groups in total. The molecule has 0 spiro atoms. The smallest absolute Gasteiger partial charge is 0.161 e. The minimum Gasteiger partial charge on any atom is -0.490 e. The van der Waals surface area contributed by atoms with E-state index in [4.69, 9.17) is 9.47 Å². The molecule has 2 heterocycles. The third-order valence-electron chi connectivity index (χ3n) is 3.67. The van der Waals surface area contributed by atoms with Gasteiger partial charge in [0.25, 0.3) is 0 Å². The van der Waals surface area contributed by atoms with Crippen molar-refractivity contribution >= 4 is 0 Å². The molecule has 18 heavy (non-hydrogen) atoms. The molecule has 1 aromatic rings. The Morgan fingerprint density at radius 3 is 2.89 bits per heavy atom.